The van der Waals surface area contributed by atoms with Crippen LogP contribution in [0.5, 0.6) is 0 Å². The number of hydrogen-bond donors (Lipinski definition) is 1. The number of likely N-dealkylation sites (tertiary alicyclic amines) is 1. The molecule has 3 nitrogen and oxygen atoms in total. The third-order valence-electron chi connectivity index (χ3n) is 3.79. The van der Waals surface area contributed by atoms with Gasteiger partial charge in [0.05, 0.1) is 6.10 Å². The molecule has 1 aliphatic heterocycles. The fourth-order valence-electron chi connectivity index (χ4n) is 3.03. The summed E-state index contributed by atoms with van der Waals surface area (Å²) in [5, 5.41) is 9.57. The molecule has 0 aromatic heterocycles. The largest absolute Gasteiger partial charge is 0.392 e. The fraction of sp³-hybridized carbons (Fsp3) is 0.917. The Balaban J connectivity index is 1.98. The minimum Gasteiger partial charge on any atom is -0.392 e. The number of aliphatic hydroxyl groups is 1. The summed E-state index contributed by atoms with van der Waals surface area (Å²) in [5.74, 6) is 0.619. The Bertz CT molecular complexity index is 230. The molecule has 1 saturated carbocycles. The first-order valence-electron chi connectivity index (χ1n) is 6.15. The van der Waals surface area contributed by atoms with Crippen molar-refractivity contribution in [1.82, 2.24) is 4.90 Å². The monoisotopic (exact) mass is 210 g/mol. The second-order valence-corrected chi connectivity index (χ2v) is 4.86. The highest BCUT2D eigenvalue weighted by atomic mass is 16.3. The van der Waals surface area contributed by atoms with E-state index in [0.717, 1.165) is 19.5 Å². The third-order valence-corrected chi connectivity index (χ3v) is 3.79. The van der Waals surface area contributed by atoms with Crippen LogP contribution < -0.4 is 0 Å². The molecule has 0 amide bonds. The SMILES string of the molecule is C/N=C/C1CCCC[C@@H]1N1CCC(O)C1. The summed E-state index contributed by atoms with van der Waals surface area (Å²) in [5.41, 5.74) is 0. The molecule has 1 N–H and O–H groups in total. The van der Waals surface area contributed by atoms with Gasteiger partial charge in [0.25, 0.3) is 0 Å². The molecule has 2 unspecified atom stereocenters. The van der Waals surface area contributed by atoms with Crippen LogP contribution in [0.4, 0.5) is 0 Å². The van der Waals surface area contributed by atoms with Crippen LogP contribution in [0.25, 0.3) is 0 Å². The lowest BCUT2D eigenvalue weighted by molar-refractivity contribution is 0.128. The van der Waals surface area contributed by atoms with Crippen molar-refractivity contribution in [3.05, 3.63) is 0 Å². The van der Waals surface area contributed by atoms with Gasteiger partial charge in [-0.1, -0.05) is 12.8 Å². The zero-order valence-corrected chi connectivity index (χ0v) is 9.60. The van der Waals surface area contributed by atoms with Crippen LogP contribution in [0.1, 0.15) is 32.1 Å². The average Bonchev–Trinajstić information content (AvgIpc) is 2.66. The van der Waals surface area contributed by atoms with Crippen LogP contribution in [0.15, 0.2) is 4.99 Å². The summed E-state index contributed by atoms with van der Waals surface area (Å²) >= 11 is 0. The lowest BCUT2D eigenvalue weighted by Gasteiger charge is -2.36. The molecule has 0 aromatic carbocycles. The third kappa shape index (κ3) is 2.58. The summed E-state index contributed by atoms with van der Waals surface area (Å²) in [6.45, 7) is 1.94. The van der Waals surface area contributed by atoms with Gasteiger partial charge in [-0.25, -0.2) is 0 Å². The van der Waals surface area contributed by atoms with Gasteiger partial charge in [0.1, 0.15) is 0 Å². The summed E-state index contributed by atoms with van der Waals surface area (Å²) in [7, 11) is 1.87. The Morgan fingerprint density at radius 1 is 1.27 bits per heavy atom. The molecule has 86 valence electrons. The summed E-state index contributed by atoms with van der Waals surface area (Å²) < 4.78 is 0. The van der Waals surface area contributed by atoms with E-state index in [1.54, 1.807) is 0 Å². The predicted octanol–water partition coefficient (Wildman–Crippen LogP) is 1.31. The van der Waals surface area contributed by atoms with Crippen molar-refractivity contribution >= 4 is 6.21 Å². The second-order valence-electron chi connectivity index (χ2n) is 4.86. The van der Waals surface area contributed by atoms with Gasteiger partial charge in [-0.15, -0.1) is 0 Å². The van der Waals surface area contributed by atoms with Crippen LogP contribution in [0.2, 0.25) is 0 Å². The van der Waals surface area contributed by atoms with E-state index in [0.29, 0.717) is 12.0 Å². The second kappa shape index (κ2) is 5.08. The van der Waals surface area contributed by atoms with Gasteiger partial charge in [0.15, 0.2) is 0 Å². The van der Waals surface area contributed by atoms with Crippen molar-refractivity contribution in [2.75, 3.05) is 20.1 Å². The first-order valence-corrected chi connectivity index (χ1v) is 6.15. The molecule has 3 atom stereocenters. The first-order chi connectivity index (χ1) is 7.31. The van der Waals surface area contributed by atoms with Crippen molar-refractivity contribution < 1.29 is 5.11 Å². The van der Waals surface area contributed by atoms with E-state index in [4.69, 9.17) is 0 Å². The molecule has 1 aliphatic carbocycles. The molecule has 0 bridgehead atoms. The van der Waals surface area contributed by atoms with Crippen molar-refractivity contribution in [3.8, 4) is 0 Å². The maximum absolute atomic E-state index is 9.57. The molecule has 0 radical (unpaired) electrons. The summed E-state index contributed by atoms with van der Waals surface area (Å²) in [4.78, 5) is 6.65. The highest BCUT2D eigenvalue weighted by Gasteiger charge is 2.32. The van der Waals surface area contributed by atoms with Gasteiger partial charge in [-0.2, -0.15) is 0 Å². The van der Waals surface area contributed by atoms with Crippen molar-refractivity contribution in [1.29, 1.82) is 0 Å². The van der Waals surface area contributed by atoms with E-state index in [2.05, 4.69) is 16.1 Å². The fourth-order valence-corrected chi connectivity index (χ4v) is 3.03. The van der Waals surface area contributed by atoms with Crippen LogP contribution in [-0.2, 0) is 0 Å². The number of β-amino-alcohol motifs (C(OH)–C–C–N with tert-alkyl or cyclic N) is 1. The molecule has 0 aromatic rings. The molecule has 3 heteroatoms. The first kappa shape index (κ1) is 11.1. The zero-order valence-electron chi connectivity index (χ0n) is 9.60. The molecule has 1 heterocycles. The van der Waals surface area contributed by atoms with Crippen LogP contribution in [0.3, 0.4) is 0 Å². The lowest BCUT2D eigenvalue weighted by Crippen LogP contribution is -2.42. The lowest BCUT2D eigenvalue weighted by atomic mass is 9.84. The van der Waals surface area contributed by atoms with E-state index < -0.39 is 0 Å². The quantitative estimate of drug-likeness (QED) is 0.698. The smallest absolute Gasteiger partial charge is 0.0679 e. The summed E-state index contributed by atoms with van der Waals surface area (Å²) in [6, 6.07) is 0.639. The Labute approximate surface area is 92.2 Å². The van der Waals surface area contributed by atoms with Gasteiger partial charge in [-0.05, 0) is 19.3 Å². The van der Waals surface area contributed by atoms with Crippen LogP contribution >= 0.6 is 0 Å². The minimum atomic E-state index is -0.0915. The Kier molecular flexibility index (Phi) is 3.76. The topological polar surface area (TPSA) is 35.8 Å². The number of hydrogen-bond acceptors (Lipinski definition) is 3. The number of aliphatic hydroxyl groups excluding tert-OH is 1. The zero-order chi connectivity index (χ0) is 10.7. The maximum Gasteiger partial charge on any atom is 0.0679 e. The van der Waals surface area contributed by atoms with Gasteiger partial charge in [0.2, 0.25) is 0 Å². The van der Waals surface area contributed by atoms with E-state index in [1.165, 1.54) is 25.7 Å². The molecular weight excluding hydrogens is 188 g/mol. The minimum absolute atomic E-state index is 0.0915. The molecule has 2 fully saturated rings. The Morgan fingerprint density at radius 2 is 2.07 bits per heavy atom. The molecule has 1 saturated heterocycles. The van der Waals surface area contributed by atoms with E-state index in [1.807, 2.05) is 7.05 Å². The van der Waals surface area contributed by atoms with Crippen LogP contribution in [-0.4, -0.2) is 48.5 Å². The van der Waals surface area contributed by atoms with Gasteiger partial charge in [-0.3, -0.25) is 4.90 Å². The van der Waals surface area contributed by atoms with E-state index in [9.17, 15) is 5.11 Å². The van der Waals surface area contributed by atoms with Crippen molar-refractivity contribution in [3.63, 3.8) is 0 Å². The molecule has 2 rings (SSSR count). The highest BCUT2D eigenvalue weighted by Crippen LogP contribution is 2.29. The van der Waals surface area contributed by atoms with Gasteiger partial charge >= 0.3 is 0 Å². The Hall–Kier alpha value is -0.410. The standard InChI is InChI=1S/C12H22N2O/c1-13-8-10-4-2-3-5-12(10)14-7-6-11(15)9-14/h8,10-12,15H,2-7,9H2,1H3/b13-8+/t10?,11?,12-/m0/s1. The van der Waals surface area contributed by atoms with Crippen molar-refractivity contribution in [2.24, 2.45) is 10.9 Å². The molecule has 2 aliphatic rings. The maximum atomic E-state index is 9.57. The number of rotatable bonds is 2. The molecule has 0 spiro atoms. The normalized spacial score (nSPS) is 38.9. The highest BCUT2D eigenvalue weighted by molar-refractivity contribution is 5.61. The Morgan fingerprint density at radius 3 is 2.73 bits per heavy atom. The predicted molar refractivity (Wildman–Crippen MR) is 62.4 cm³/mol. The van der Waals surface area contributed by atoms with E-state index >= 15 is 0 Å². The summed E-state index contributed by atoms with van der Waals surface area (Å²) in [6.07, 6.45) is 8.21. The number of nitrogens with zero attached hydrogens (tertiary/aromatic N) is 2. The van der Waals surface area contributed by atoms with E-state index in [-0.39, 0.29) is 6.10 Å². The molecular formula is C12H22N2O. The van der Waals surface area contributed by atoms with Gasteiger partial charge < -0.3 is 10.1 Å². The number of aliphatic imine (C=N–C) groups is 1. The van der Waals surface area contributed by atoms with Crippen molar-refractivity contribution in [2.45, 2.75) is 44.2 Å². The van der Waals surface area contributed by atoms with Gasteiger partial charge in [0, 0.05) is 38.3 Å². The van der Waals surface area contributed by atoms with Crippen LogP contribution in [0, 0.1) is 5.92 Å². The average molecular weight is 210 g/mol. The molecule has 15 heavy (non-hydrogen) atoms.